The molecule has 3 nitrogen and oxygen atoms in total. The minimum Gasteiger partial charge on any atom is -0.375 e. The normalized spacial score (nSPS) is 35.9. The molecule has 0 spiro atoms. The number of fused-ring (bicyclic) bond motifs is 2. The van der Waals surface area contributed by atoms with E-state index in [1.54, 1.807) is 0 Å². The number of hydrazone groups is 1. The lowest BCUT2D eigenvalue weighted by Crippen LogP contribution is -2.37. The van der Waals surface area contributed by atoms with Crippen molar-refractivity contribution in [1.29, 1.82) is 0 Å². The van der Waals surface area contributed by atoms with Crippen LogP contribution < -0.4 is 11.2 Å². The van der Waals surface area contributed by atoms with Gasteiger partial charge in [-0.15, -0.1) is 0 Å². The van der Waals surface area contributed by atoms with Crippen LogP contribution in [-0.2, 0) is 0 Å². The van der Waals surface area contributed by atoms with Gasteiger partial charge in [0.05, 0.1) is 0 Å². The molecule has 0 aromatic rings. The van der Waals surface area contributed by atoms with E-state index in [1.165, 1.54) is 24.8 Å². The molecule has 0 aromatic carbocycles. The molecule has 0 aliphatic heterocycles. The summed E-state index contributed by atoms with van der Waals surface area (Å²) in [5, 5.41) is 4.39. The molecule has 16 heavy (non-hydrogen) atoms. The topological polar surface area (TPSA) is 50.4 Å². The first-order valence-electron chi connectivity index (χ1n) is 5.68. The van der Waals surface area contributed by atoms with Gasteiger partial charge in [-0.25, -0.2) is 0 Å². The first-order chi connectivity index (χ1) is 7.39. The van der Waals surface area contributed by atoms with E-state index in [1.807, 2.05) is 6.21 Å². The van der Waals surface area contributed by atoms with E-state index >= 15 is 0 Å². The van der Waals surface area contributed by atoms with Gasteiger partial charge < -0.3 is 5.73 Å². The van der Waals surface area contributed by atoms with Crippen LogP contribution in [-0.4, -0.2) is 11.3 Å². The van der Waals surface area contributed by atoms with Gasteiger partial charge in [-0.1, -0.05) is 26.0 Å². The lowest BCUT2D eigenvalue weighted by molar-refractivity contribution is 0.225. The fraction of sp³-hybridized carbons (Fsp3) is 0.667. The summed E-state index contributed by atoms with van der Waals surface area (Å²) in [6.45, 7) is 8.78. The van der Waals surface area contributed by atoms with Gasteiger partial charge in [-0.3, -0.25) is 5.43 Å². The van der Waals surface area contributed by atoms with Gasteiger partial charge in [-0.2, -0.15) is 5.10 Å². The van der Waals surface area contributed by atoms with Gasteiger partial charge in [0.15, 0.2) is 5.11 Å². The summed E-state index contributed by atoms with van der Waals surface area (Å²) < 4.78 is 0. The standard InChI is InChI=1S/C12H19N3S/c1-8-9-4-5-12(6-9,11(8,2)3)7-14-15-10(13)16/h7,9H,1,4-6H2,2-3H3,(H3,13,15,16). The van der Waals surface area contributed by atoms with Crippen LogP contribution in [0.1, 0.15) is 33.1 Å². The Hall–Kier alpha value is -0.900. The Morgan fingerprint density at radius 2 is 2.38 bits per heavy atom. The molecule has 0 aromatic heterocycles. The molecule has 2 aliphatic carbocycles. The number of hydrogen-bond donors (Lipinski definition) is 2. The highest BCUT2D eigenvalue weighted by Crippen LogP contribution is 2.65. The summed E-state index contributed by atoms with van der Waals surface area (Å²) in [7, 11) is 0. The summed E-state index contributed by atoms with van der Waals surface area (Å²) in [5.41, 5.74) is 9.66. The quantitative estimate of drug-likeness (QED) is 0.335. The molecule has 0 radical (unpaired) electrons. The van der Waals surface area contributed by atoms with Crippen molar-refractivity contribution < 1.29 is 0 Å². The first-order valence-corrected chi connectivity index (χ1v) is 6.09. The van der Waals surface area contributed by atoms with Gasteiger partial charge in [0.25, 0.3) is 0 Å². The number of allylic oxidation sites excluding steroid dienone is 1. The zero-order valence-electron chi connectivity index (χ0n) is 9.92. The van der Waals surface area contributed by atoms with Crippen molar-refractivity contribution in [2.45, 2.75) is 33.1 Å². The van der Waals surface area contributed by atoms with Crippen molar-refractivity contribution in [2.24, 2.45) is 27.6 Å². The fourth-order valence-corrected chi connectivity index (χ4v) is 3.32. The molecule has 0 amide bonds. The van der Waals surface area contributed by atoms with E-state index < -0.39 is 0 Å². The first kappa shape index (κ1) is 11.6. The monoisotopic (exact) mass is 237 g/mol. The van der Waals surface area contributed by atoms with Gasteiger partial charge in [0, 0.05) is 11.6 Å². The molecule has 4 heteroatoms. The van der Waals surface area contributed by atoms with E-state index in [0.717, 1.165) is 0 Å². The Labute approximate surface area is 102 Å². The van der Waals surface area contributed by atoms with Crippen LogP contribution in [0.15, 0.2) is 17.3 Å². The summed E-state index contributed by atoms with van der Waals surface area (Å²) >= 11 is 4.73. The molecule has 0 heterocycles. The van der Waals surface area contributed by atoms with Crippen LogP contribution in [0, 0.1) is 16.7 Å². The predicted molar refractivity (Wildman–Crippen MR) is 71.1 cm³/mol. The molecule has 3 N–H and O–H groups in total. The van der Waals surface area contributed by atoms with Crippen LogP contribution in [0.2, 0.25) is 0 Å². The van der Waals surface area contributed by atoms with E-state index in [2.05, 4.69) is 31.0 Å². The number of rotatable bonds is 2. The average Bonchev–Trinajstić information content (AvgIpc) is 2.67. The van der Waals surface area contributed by atoms with Gasteiger partial charge in [0.1, 0.15) is 0 Å². The molecule has 2 bridgehead atoms. The van der Waals surface area contributed by atoms with E-state index in [4.69, 9.17) is 18.0 Å². The second kappa shape index (κ2) is 3.55. The number of nitrogens with two attached hydrogens (primary N) is 1. The zero-order chi connectivity index (χ0) is 12.0. The molecule has 2 aliphatic rings. The largest absolute Gasteiger partial charge is 0.375 e. The minimum atomic E-state index is 0.136. The van der Waals surface area contributed by atoms with Crippen LogP contribution >= 0.6 is 12.2 Å². The smallest absolute Gasteiger partial charge is 0.184 e. The predicted octanol–water partition coefficient (Wildman–Crippen LogP) is 2.19. The van der Waals surface area contributed by atoms with Crippen LogP contribution in [0.3, 0.4) is 0 Å². The zero-order valence-corrected chi connectivity index (χ0v) is 10.7. The maximum Gasteiger partial charge on any atom is 0.184 e. The van der Waals surface area contributed by atoms with E-state index in [-0.39, 0.29) is 15.9 Å². The van der Waals surface area contributed by atoms with Crippen molar-refractivity contribution in [3.63, 3.8) is 0 Å². The lowest BCUT2D eigenvalue weighted by atomic mass is 9.64. The molecule has 2 atom stereocenters. The summed E-state index contributed by atoms with van der Waals surface area (Å²) in [4.78, 5) is 0. The molecule has 2 fully saturated rings. The molecule has 88 valence electrons. The lowest BCUT2D eigenvalue weighted by Gasteiger charge is -2.40. The SMILES string of the molecule is C=C1C2CCC(C=NNC(N)=S)(C2)C1(C)C. The molecule has 2 unspecified atom stereocenters. The van der Waals surface area contributed by atoms with E-state index in [0.29, 0.717) is 5.92 Å². The third-order valence-corrected chi connectivity index (χ3v) is 4.67. The van der Waals surface area contributed by atoms with Crippen molar-refractivity contribution >= 4 is 23.5 Å². The van der Waals surface area contributed by atoms with Crippen molar-refractivity contribution in [3.05, 3.63) is 12.2 Å². The van der Waals surface area contributed by atoms with Crippen LogP contribution in [0.4, 0.5) is 0 Å². The van der Waals surface area contributed by atoms with E-state index in [9.17, 15) is 0 Å². The molecular weight excluding hydrogens is 218 g/mol. The summed E-state index contributed by atoms with van der Waals surface area (Å²) in [5.74, 6) is 0.672. The third-order valence-electron chi connectivity index (χ3n) is 4.58. The van der Waals surface area contributed by atoms with Crippen LogP contribution in [0.25, 0.3) is 0 Å². The highest BCUT2D eigenvalue weighted by Gasteiger charge is 2.58. The van der Waals surface area contributed by atoms with Gasteiger partial charge in [-0.05, 0) is 42.8 Å². The number of nitrogens with one attached hydrogen (secondary N) is 1. The Morgan fingerprint density at radius 3 is 2.88 bits per heavy atom. The summed E-state index contributed by atoms with van der Waals surface area (Å²) in [6.07, 6.45) is 5.60. The second-order valence-corrected chi connectivity index (χ2v) is 5.92. The molecule has 0 saturated heterocycles. The van der Waals surface area contributed by atoms with Crippen molar-refractivity contribution in [1.82, 2.24) is 5.43 Å². The number of nitrogens with zero attached hydrogens (tertiary/aromatic N) is 1. The molecule has 2 saturated carbocycles. The Bertz CT molecular complexity index is 372. The van der Waals surface area contributed by atoms with Crippen molar-refractivity contribution in [3.8, 4) is 0 Å². The number of hydrogen-bond acceptors (Lipinski definition) is 2. The fourth-order valence-electron chi connectivity index (χ4n) is 3.27. The van der Waals surface area contributed by atoms with Gasteiger partial charge >= 0.3 is 0 Å². The highest BCUT2D eigenvalue weighted by atomic mass is 32.1. The van der Waals surface area contributed by atoms with Gasteiger partial charge in [0.2, 0.25) is 0 Å². The minimum absolute atomic E-state index is 0.136. The Morgan fingerprint density at radius 1 is 1.69 bits per heavy atom. The summed E-state index contributed by atoms with van der Waals surface area (Å²) in [6, 6.07) is 0. The second-order valence-electron chi connectivity index (χ2n) is 5.48. The number of thiocarbonyl (C=S) groups is 1. The van der Waals surface area contributed by atoms with Crippen LogP contribution in [0.5, 0.6) is 0 Å². The third kappa shape index (κ3) is 1.47. The molecule has 2 rings (SSSR count). The van der Waals surface area contributed by atoms with Crippen molar-refractivity contribution in [2.75, 3.05) is 0 Å². The average molecular weight is 237 g/mol. The Balaban J connectivity index is 2.21. The maximum absolute atomic E-state index is 5.36. The molecular formula is C12H19N3S. The maximum atomic E-state index is 5.36. The Kier molecular flexibility index (Phi) is 2.57. The highest BCUT2D eigenvalue weighted by molar-refractivity contribution is 7.80.